The molecule has 1 atom stereocenters. The van der Waals surface area contributed by atoms with E-state index >= 15 is 0 Å². The van der Waals surface area contributed by atoms with E-state index in [1.807, 2.05) is 0 Å². The molecule has 0 heterocycles. The Bertz CT molecular complexity index is 918. The van der Waals surface area contributed by atoms with E-state index in [2.05, 4.69) is 27.7 Å². The van der Waals surface area contributed by atoms with E-state index in [0.717, 1.165) is 63.7 Å². The number of rotatable bonds is 50. The van der Waals surface area contributed by atoms with Crippen LogP contribution in [0.4, 0.5) is 0 Å². The van der Waals surface area contributed by atoms with Crippen LogP contribution in [0.15, 0.2) is 0 Å². The van der Waals surface area contributed by atoms with Crippen molar-refractivity contribution in [2.24, 2.45) is 5.92 Å². The number of carbonyl (C=O) groups is 3. The van der Waals surface area contributed by atoms with Crippen LogP contribution < -0.4 is 0 Å². The second kappa shape index (κ2) is 49.4. The smallest absolute Gasteiger partial charge is 0.306 e. The van der Waals surface area contributed by atoms with Crippen LogP contribution in [-0.4, -0.2) is 37.2 Å². The summed E-state index contributed by atoms with van der Waals surface area (Å²) in [6.45, 7) is 9.04. The number of hydrogen-bond acceptors (Lipinski definition) is 6. The Morgan fingerprint density at radius 2 is 0.541 bits per heavy atom. The first-order valence-electron chi connectivity index (χ1n) is 27.4. The van der Waals surface area contributed by atoms with Gasteiger partial charge >= 0.3 is 17.9 Å². The Balaban J connectivity index is 4.17. The molecule has 0 unspecified atom stereocenters. The lowest BCUT2D eigenvalue weighted by atomic mass is 10.0. The van der Waals surface area contributed by atoms with Gasteiger partial charge in [-0.25, -0.2) is 0 Å². The van der Waals surface area contributed by atoms with Crippen molar-refractivity contribution in [3.63, 3.8) is 0 Å². The molecule has 0 saturated carbocycles. The molecule has 0 aliphatic rings. The summed E-state index contributed by atoms with van der Waals surface area (Å²) < 4.78 is 16.8. The Morgan fingerprint density at radius 1 is 0.311 bits per heavy atom. The molecule has 0 aromatic rings. The second-order valence-corrected chi connectivity index (χ2v) is 19.3. The molecule has 0 N–H and O–H groups in total. The minimum Gasteiger partial charge on any atom is -0.462 e. The molecule has 0 aromatic heterocycles. The Hall–Kier alpha value is -1.59. The zero-order chi connectivity index (χ0) is 44.5. The first kappa shape index (κ1) is 59.4. The molecule has 362 valence electrons. The highest BCUT2D eigenvalue weighted by atomic mass is 16.6. The standard InChI is InChI=1S/C55H106O6/c1-5-7-9-11-13-15-16-23-28-32-36-40-44-48-55(58)61-52(49-59-53(56)46-42-38-34-29-14-12-10-8-6-2)50-60-54(57)47-43-39-35-31-27-25-22-20-18-17-19-21-24-26-30-33-37-41-45-51(3)4/h51-52H,5-50H2,1-4H3/t52-/m1/s1. The lowest BCUT2D eigenvalue weighted by molar-refractivity contribution is -0.167. The van der Waals surface area contributed by atoms with E-state index in [1.54, 1.807) is 0 Å². The lowest BCUT2D eigenvalue weighted by Crippen LogP contribution is -2.30. The minimum atomic E-state index is -0.760. The average molecular weight is 863 g/mol. The quantitative estimate of drug-likeness (QED) is 0.0344. The van der Waals surface area contributed by atoms with E-state index in [9.17, 15) is 14.4 Å². The van der Waals surface area contributed by atoms with Gasteiger partial charge < -0.3 is 14.2 Å². The molecule has 0 radical (unpaired) electrons. The predicted octanol–water partition coefficient (Wildman–Crippen LogP) is 17.8. The third-order valence-electron chi connectivity index (χ3n) is 12.5. The first-order valence-corrected chi connectivity index (χ1v) is 27.4. The summed E-state index contributed by atoms with van der Waals surface area (Å²) in [7, 11) is 0. The van der Waals surface area contributed by atoms with E-state index < -0.39 is 6.10 Å². The van der Waals surface area contributed by atoms with Crippen molar-refractivity contribution in [3.05, 3.63) is 0 Å². The Morgan fingerprint density at radius 3 is 0.803 bits per heavy atom. The summed E-state index contributed by atoms with van der Waals surface area (Å²) >= 11 is 0. The number of carbonyl (C=O) groups excluding carboxylic acids is 3. The third-order valence-corrected chi connectivity index (χ3v) is 12.5. The van der Waals surface area contributed by atoms with Crippen LogP contribution in [0.1, 0.15) is 310 Å². The number of esters is 3. The van der Waals surface area contributed by atoms with Gasteiger partial charge in [0.15, 0.2) is 6.10 Å². The fourth-order valence-corrected chi connectivity index (χ4v) is 8.39. The number of hydrogen-bond donors (Lipinski definition) is 0. The molecule has 6 nitrogen and oxygen atoms in total. The molecule has 0 aliphatic heterocycles. The van der Waals surface area contributed by atoms with Gasteiger partial charge in [-0.2, -0.15) is 0 Å². The van der Waals surface area contributed by atoms with Crippen LogP contribution in [0, 0.1) is 5.92 Å². The van der Waals surface area contributed by atoms with E-state index in [0.29, 0.717) is 19.3 Å². The third kappa shape index (κ3) is 49.3. The first-order chi connectivity index (χ1) is 29.9. The lowest BCUT2D eigenvalue weighted by Gasteiger charge is -2.18. The van der Waals surface area contributed by atoms with Crippen LogP contribution in [0.25, 0.3) is 0 Å². The van der Waals surface area contributed by atoms with Crippen molar-refractivity contribution in [1.29, 1.82) is 0 Å². The molecule has 0 aliphatic carbocycles. The highest BCUT2D eigenvalue weighted by Crippen LogP contribution is 2.18. The molecule has 0 bridgehead atoms. The minimum absolute atomic E-state index is 0.0623. The van der Waals surface area contributed by atoms with Gasteiger partial charge in [0, 0.05) is 19.3 Å². The van der Waals surface area contributed by atoms with Gasteiger partial charge in [0.2, 0.25) is 0 Å². The van der Waals surface area contributed by atoms with Gasteiger partial charge in [0.1, 0.15) is 13.2 Å². The summed E-state index contributed by atoms with van der Waals surface area (Å²) in [5.74, 6) is 0.0159. The van der Waals surface area contributed by atoms with Crippen molar-refractivity contribution in [1.82, 2.24) is 0 Å². The van der Waals surface area contributed by atoms with E-state index in [1.165, 1.54) is 205 Å². The molecule has 0 amide bonds. The average Bonchev–Trinajstić information content (AvgIpc) is 3.24. The van der Waals surface area contributed by atoms with Crippen LogP contribution in [0.5, 0.6) is 0 Å². The van der Waals surface area contributed by atoms with Crippen molar-refractivity contribution in [3.8, 4) is 0 Å². The van der Waals surface area contributed by atoms with Crippen molar-refractivity contribution >= 4 is 17.9 Å². The zero-order valence-electron chi connectivity index (χ0n) is 41.6. The van der Waals surface area contributed by atoms with Crippen LogP contribution in [0.3, 0.4) is 0 Å². The molecule has 0 fully saturated rings. The molecule has 0 spiro atoms. The summed E-state index contributed by atoms with van der Waals surface area (Å²) in [6, 6.07) is 0. The molecular weight excluding hydrogens is 757 g/mol. The SMILES string of the molecule is CCCCCCCCCCCCCCCC(=O)O[C@H](COC(=O)CCCCCCCCCCC)COC(=O)CCCCCCCCCCCCCCCCCCCCC(C)C. The summed E-state index contributed by atoms with van der Waals surface area (Å²) in [4.78, 5) is 37.9. The monoisotopic (exact) mass is 863 g/mol. The molecule has 0 aromatic carbocycles. The Kier molecular flexibility index (Phi) is 48.1. The van der Waals surface area contributed by atoms with Gasteiger partial charge in [0.05, 0.1) is 0 Å². The highest BCUT2D eigenvalue weighted by Gasteiger charge is 2.19. The normalized spacial score (nSPS) is 12.0. The van der Waals surface area contributed by atoms with Gasteiger partial charge in [-0.3, -0.25) is 14.4 Å². The van der Waals surface area contributed by atoms with Crippen molar-refractivity contribution < 1.29 is 28.6 Å². The highest BCUT2D eigenvalue weighted by molar-refractivity contribution is 5.71. The summed E-state index contributed by atoms with van der Waals surface area (Å²) in [5.41, 5.74) is 0. The van der Waals surface area contributed by atoms with Gasteiger partial charge in [-0.1, -0.05) is 272 Å². The van der Waals surface area contributed by atoms with Gasteiger partial charge in [0.25, 0.3) is 0 Å². The topological polar surface area (TPSA) is 78.9 Å². The zero-order valence-corrected chi connectivity index (χ0v) is 41.6. The van der Waals surface area contributed by atoms with Crippen LogP contribution in [0.2, 0.25) is 0 Å². The molecular formula is C55H106O6. The van der Waals surface area contributed by atoms with Crippen molar-refractivity contribution in [2.45, 2.75) is 316 Å². The van der Waals surface area contributed by atoms with Crippen LogP contribution >= 0.6 is 0 Å². The maximum atomic E-state index is 12.8. The van der Waals surface area contributed by atoms with Gasteiger partial charge in [-0.05, 0) is 25.2 Å². The fraction of sp³-hybridized carbons (Fsp3) is 0.945. The maximum absolute atomic E-state index is 12.8. The number of unbranched alkanes of at least 4 members (excludes halogenated alkanes) is 37. The van der Waals surface area contributed by atoms with E-state index in [-0.39, 0.29) is 31.1 Å². The van der Waals surface area contributed by atoms with Gasteiger partial charge in [-0.15, -0.1) is 0 Å². The molecule has 61 heavy (non-hydrogen) atoms. The largest absolute Gasteiger partial charge is 0.462 e. The predicted molar refractivity (Wildman–Crippen MR) is 261 cm³/mol. The van der Waals surface area contributed by atoms with Crippen LogP contribution in [-0.2, 0) is 28.6 Å². The second-order valence-electron chi connectivity index (χ2n) is 19.3. The molecule has 0 rings (SSSR count). The fourth-order valence-electron chi connectivity index (χ4n) is 8.39. The Labute approximate surface area is 380 Å². The summed E-state index contributed by atoms with van der Waals surface area (Å²) in [6.07, 6.45) is 52.4. The maximum Gasteiger partial charge on any atom is 0.306 e. The molecule has 6 heteroatoms. The number of ether oxygens (including phenoxy) is 3. The molecule has 0 saturated heterocycles. The van der Waals surface area contributed by atoms with Crippen molar-refractivity contribution in [2.75, 3.05) is 13.2 Å². The van der Waals surface area contributed by atoms with E-state index in [4.69, 9.17) is 14.2 Å². The summed E-state index contributed by atoms with van der Waals surface area (Å²) in [5, 5.41) is 0.